The molecule has 0 saturated heterocycles. The van der Waals surface area contributed by atoms with Crippen molar-refractivity contribution in [1.29, 1.82) is 0 Å². The van der Waals surface area contributed by atoms with Crippen LogP contribution in [-0.4, -0.2) is 11.5 Å². The van der Waals surface area contributed by atoms with Gasteiger partial charge in [-0.3, -0.25) is 0 Å². The fourth-order valence-corrected chi connectivity index (χ4v) is 1.86. The van der Waals surface area contributed by atoms with Gasteiger partial charge in [0.05, 0.1) is 11.3 Å². The molecule has 0 aliphatic rings. The Bertz CT molecular complexity index is 594. The van der Waals surface area contributed by atoms with E-state index < -0.39 is 11.7 Å². The zero-order valence-corrected chi connectivity index (χ0v) is 11.4. The van der Waals surface area contributed by atoms with Gasteiger partial charge >= 0.3 is 6.18 Å². The Kier molecular flexibility index (Phi) is 4.18. The number of rotatable bonds is 3. The van der Waals surface area contributed by atoms with Crippen LogP contribution in [0.1, 0.15) is 12.5 Å². The van der Waals surface area contributed by atoms with Gasteiger partial charge in [0.25, 0.3) is 0 Å². The Balaban J connectivity index is 2.51. The first-order valence-electron chi connectivity index (χ1n) is 5.99. The van der Waals surface area contributed by atoms with Gasteiger partial charge in [-0.25, -0.2) is 4.98 Å². The molecule has 6 heteroatoms. The van der Waals surface area contributed by atoms with Gasteiger partial charge in [0.15, 0.2) is 0 Å². The first-order chi connectivity index (χ1) is 9.40. The fraction of sp³-hybridized carbons (Fsp3) is 0.214. The number of anilines is 1. The largest absolute Gasteiger partial charge is 0.416 e. The van der Waals surface area contributed by atoms with Crippen LogP contribution >= 0.6 is 11.6 Å². The zero-order valence-electron chi connectivity index (χ0n) is 10.6. The van der Waals surface area contributed by atoms with Crippen LogP contribution in [0.5, 0.6) is 0 Å². The first kappa shape index (κ1) is 14.7. The minimum atomic E-state index is -4.41. The molecule has 0 fully saturated rings. The molecule has 2 aromatic rings. The molecule has 1 aromatic heterocycles. The minimum absolute atomic E-state index is 0.201. The molecule has 0 unspecified atom stereocenters. The third-order valence-corrected chi connectivity index (χ3v) is 2.90. The van der Waals surface area contributed by atoms with E-state index in [4.69, 9.17) is 11.6 Å². The molecular weight excluding hydrogens is 289 g/mol. The highest BCUT2D eigenvalue weighted by atomic mass is 35.5. The molecule has 0 bridgehead atoms. The molecule has 0 radical (unpaired) electrons. The summed E-state index contributed by atoms with van der Waals surface area (Å²) in [4.78, 5) is 4.18. The lowest BCUT2D eigenvalue weighted by atomic mass is 10.1. The Morgan fingerprint density at radius 1 is 1.15 bits per heavy atom. The molecule has 0 atom stereocenters. The normalized spacial score (nSPS) is 11.4. The van der Waals surface area contributed by atoms with Crippen molar-refractivity contribution in [1.82, 2.24) is 4.98 Å². The Hall–Kier alpha value is -1.75. The number of halogens is 4. The smallest absolute Gasteiger partial charge is 0.370 e. The van der Waals surface area contributed by atoms with E-state index in [9.17, 15) is 13.2 Å². The van der Waals surface area contributed by atoms with Gasteiger partial charge in [-0.05, 0) is 31.2 Å². The predicted molar refractivity (Wildman–Crippen MR) is 73.8 cm³/mol. The van der Waals surface area contributed by atoms with Crippen molar-refractivity contribution in [2.24, 2.45) is 0 Å². The third kappa shape index (κ3) is 3.42. The van der Waals surface area contributed by atoms with Gasteiger partial charge in [-0.1, -0.05) is 23.7 Å². The molecule has 2 nitrogen and oxygen atoms in total. The van der Waals surface area contributed by atoms with Crippen LogP contribution in [0.25, 0.3) is 11.3 Å². The van der Waals surface area contributed by atoms with Crippen molar-refractivity contribution in [2.45, 2.75) is 13.1 Å². The summed E-state index contributed by atoms with van der Waals surface area (Å²) >= 11 is 5.77. The van der Waals surface area contributed by atoms with Gasteiger partial charge < -0.3 is 5.32 Å². The van der Waals surface area contributed by atoms with Crippen molar-refractivity contribution in [3.8, 4) is 11.3 Å². The van der Waals surface area contributed by atoms with Crippen molar-refractivity contribution < 1.29 is 13.2 Å². The van der Waals surface area contributed by atoms with Crippen LogP contribution in [0.15, 0.2) is 36.4 Å². The average molecular weight is 301 g/mol. The van der Waals surface area contributed by atoms with Gasteiger partial charge in [-0.2, -0.15) is 13.2 Å². The van der Waals surface area contributed by atoms with E-state index in [1.54, 1.807) is 31.2 Å². The van der Waals surface area contributed by atoms with E-state index in [0.29, 0.717) is 17.1 Å². The van der Waals surface area contributed by atoms with E-state index in [-0.39, 0.29) is 11.5 Å². The quantitative estimate of drug-likeness (QED) is 0.876. The van der Waals surface area contributed by atoms with E-state index in [0.717, 1.165) is 12.1 Å². The van der Waals surface area contributed by atoms with Gasteiger partial charge in [0.2, 0.25) is 0 Å². The van der Waals surface area contributed by atoms with Crippen molar-refractivity contribution in [2.75, 3.05) is 11.9 Å². The molecule has 1 N–H and O–H groups in total. The number of hydrogen-bond donors (Lipinski definition) is 1. The number of benzene rings is 1. The van der Waals surface area contributed by atoms with Crippen LogP contribution in [0.2, 0.25) is 5.02 Å². The maximum absolute atomic E-state index is 12.9. The second kappa shape index (κ2) is 5.71. The number of hydrogen-bond acceptors (Lipinski definition) is 2. The van der Waals surface area contributed by atoms with E-state index in [2.05, 4.69) is 10.3 Å². The summed E-state index contributed by atoms with van der Waals surface area (Å²) in [5, 5.41) is 3.33. The zero-order chi connectivity index (χ0) is 14.8. The monoisotopic (exact) mass is 300 g/mol. The maximum atomic E-state index is 12.9. The summed E-state index contributed by atoms with van der Waals surface area (Å²) in [7, 11) is 0. The molecule has 106 valence electrons. The van der Waals surface area contributed by atoms with E-state index in [1.807, 2.05) is 0 Å². The molecule has 0 saturated carbocycles. The van der Waals surface area contributed by atoms with Crippen LogP contribution in [-0.2, 0) is 6.18 Å². The van der Waals surface area contributed by atoms with Crippen molar-refractivity contribution in [3.63, 3.8) is 0 Å². The molecular formula is C14H12ClF3N2. The maximum Gasteiger partial charge on any atom is 0.416 e. The van der Waals surface area contributed by atoms with Gasteiger partial charge in [-0.15, -0.1) is 0 Å². The molecule has 0 amide bonds. The van der Waals surface area contributed by atoms with Crippen LogP contribution < -0.4 is 5.32 Å². The standard InChI is InChI=1S/C14H12ClF3N2/c1-2-19-13-8-10(14(16,17)18)7-12(20-13)9-3-5-11(15)6-4-9/h3-8H,2H2,1H3,(H,19,20). The molecule has 0 spiro atoms. The SMILES string of the molecule is CCNc1cc(C(F)(F)F)cc(-c2ccc(Cl)cc2)n1. The molecule has 1 aromatic carbocycles. The summed E-state index contributed by atoms with van der Waals surface area (Å²) in [5.41, 5.74) is 0.112. The highest BCUT2D eigenvalue weighted by molar-refractivity contribution is 6.30. The number of nitrogens with one attached hydrogen (secondary N) is 1. The second-order valence-corrected chi connectivity index (χ2v) is 4.60. The Morgan fingerprint density at radius 3 is 2.35 bits per heavy atom. The summed E-state index contributed by atoms with van der Waals surface area (Å²) in [6.07, 6.45) is -4.41. The molecule has 20 heavy (non-hydrogen) atoms. The van der Waals surface area contributed by atoms with E-state index >= 15 is 0 Å². The lowest BCUT2D eigenvalue weighted by Gasteiger charge is -2.12. The Morgan fingerprint density at radius 2 is 1.80 bits per heavy atom. The highest BCUT2D eigenvalue weighted by Crippen LogP contribution is 2.33. The summed E-state index contributed by atoms with van der Waals surface area (Å²) in [5.74, 6) is 0.201. The summed E-state index contributed by atoms with van der Waals surface area (Å²) in [6, 6.07) is 8.55. The van der Waals surface area contributed by atoms with Crippen LogP contribution in [0.3, 0.4) is 0 Å². The van der Waals surface area contributed by atoms with Crippen LogP contribution in [0, 0.1) is 0 Å². The van der Waals surface area contributed by atoms with Crippen LogP contribution in [0.4, 0.5) is 19.0 Å². The van der Waals surface area contributed by atoms with E-state index in [1.165, 1.54) is 0 Å². The number of aromatic nitrogens is 1. The first-order valence-corrected chi connectivity index (χ1v) is 6.37. The van der Waals surface area contributed by atoms with Crippen molar-refractivity contribution >= 4 is 17.4 Å². The molecule has 1 heterocycles. The molecule has 2 rings (SSSR count). The van der Waals surface area contributed by atoms with Gasteiger partial charge in [0.1, 0.15) is 5.82 Å². The fourth-order valence-electron chi connectivity index (χ4n) is 1.73. The summed E-state index contributed by atoms with van der Waals surface area (Å²) in [6.45, 7) is 2.29. The predicted octanol–water partition coefficient (Wildman–Crippen LogP) is 4.85. The number of alkyl halides is 3. The molecule has 0 aliphatic heterocycles. The topological polar surface area (TPSA) is 24.9 Å². The highest BCUT2D eigenvalue weighted by Gasteiger charge is 2.31. The molecule has 0 aliphatic carbocycles. The lowest BCUT2D eigenvalue weighted by molar-refractivity contribution is -0.137. The lowest BCUT2D eigenvalue weighted by Crippen LogP contribution is -2.08. The Labute approximate surface area is 119 Å². The second-order valence-electron chi connectivity index (χ2n) is 4.16. The summed E-state index contributed by atoms with van der Waals surface area (Å²) < 4.78 is 38.7. The minimum Gasteiger partial charge on any atom is -0.370 e. The average Bonchev–Trinajstić information content (AvgIpc) is 2.38. The van der Waals surface area contributed by atoms with Gasteiger partial charge in [0, 0.05) is 17.1 Å². The number of pyridine rings is 1. The van der Waals surface area contributed by atoms with Crippen molar-refractivity contribution in [3.05, 3.63) is 47.0 Å². The third-order valence-electron chi connectivity index (χ3n) is 2.65. The number of nitrogens with zero attached hydrogens (tertiary/aromatic N) is 1.